The SMILES string of the molecule is CC(C)(C)N(CCSc1ccc(F)cc1)CC(=O)O. The minimum atomic E-state index is -0.818. The molecule has 0 radical (unpaired) electrons. The van der Waals surface area contributed by atoms with Crippen molar-refractivity contribution in [2.24, 2.45) is 0 Å². The van der Waals surface area contributed by atoms with Crippen LogP contribution in [0.5, 0.6) is 0 Å². The average Bonchev–Trinajstić information content (AvgIpc) is 2.28. The maximum Gasteiger partial charge on any atom is 0.317 e. The molecule has 3 nitrogen and oxygen atoms in total. The van der Waals surface area contributed by atoms with Gasteiger partial charge in [-0.05, 0) is 45.0 Å². The van der Waals surface area contributed by atoms with E-state index in [1.165, 1.54) is 12.1 Å². The minimum absolute atomic E-state index is 0.0352. The monoisotopic (exact) mass is 285 g/mol. The molecule has 0 aromatic heterocycles. The molecule has 1 N–H and O–H groups in total. The molecule has 0 atom stereocenters. The van der Waals surface area contributed by atoms with Crippen molar-refractivity contribution in [2.75, 3.05) is 18.8 Å². The number of carboxylic acids is 1. The lowest BCUT2D eigenvalue weighted by molar-refractivity contribution is -0.139. The molecular weight excluding hydrogens is 265 g/mol. The minimum Gasteiger partial charge on any atom is -0.480 e. The van der Waals surface area contributed by atoms with E-state index in [2.05, 4.69) is 0 Å². The number of benzene rings is 1. The molecule has 0 amide bonds. The summed E-state index contributed by atoms with van der Waals surface area (Å²) in [4.78, 5) is 13.8. The Kier molecular flexibility index (Phi) is 5.82. The van der Waals surface area contributed by atoms with Gasteiger partial charge in [-0.2, -0.15) is 0 Å². The van der Waals surface area contributed by atoms with Crippen LogP contribution in [0.4, 0.5) is 4.39 Å². The molecule has 1 aromatic rings. The Morgan fingerprint density at radius 2 is 1.89 bits per heavy atom. The summed E-state index contributed by atoms with van der Waals surface area (Å²) in [7, 11) is 0. The predicted molar refractivity (Wildman–Crippen MR) is 76.1 cm³/mol. The molecule has 0 saturated heterocycles. The van der Waals surface area contributed by atoms with Gasteiger partial charge in [-0.1, -0.05) is 0 Å². The first-order valence-electron chi connectivity index (χ1n) is 6.14. The predicted octanol–water partition coefficient (Wildman–Crippen LogP) is 3.10. The highest BCUT2D eigenvalue weighted by atomic mass is 32.2. The van der Waals surface area contributed by atoms with E-state index in [0.717, 1.165) is 10.6 Å². The van der Waals surface area contributed by atoms with Crippen LogP contribution in [0.2, 0.25) is 0 Å². The van der Waals surface area contributed by atoms with Gasteiger partial charge < -0.3 is 5.11 Å². The summed E-state index contributed by atoms with van der Waals surface area (Å²) in [5.41, 5.74) is -0.179. The highest BCUT2D eigenvalue weighted by molar-refractivity contribution is 7.99. The van der Waals surface area contributed by atoms with Gasteiger partial charge in [-0.3, -0.25) is 9.69 Å². The summed E-state index contributed by atoms with van der Waals surface area (Å²) in [6.07, 6.45) is 0. The van der Waals surface area contributed by atoms with Crippen LogP contribution in [0.1, 0.15) is 20.8 Å². The van der Waals surface area contributed by atoms with E-state index in [9.17, 15) is 9.18 Å². The van der Waals surface area contributed by atoms with Crippen molar-refractivity contribution in [2.45, 2.75) is 31.2 Å². The summed E-state index contributed by atoms with van der Waals surface area (Å²) in [5, 5.41) is 8.90. The number of nitrogens with zero attached hydrogens (tertiary/aromatic N) is 1. The van der Waals surface area contributed by atoms with Gasteiger partial charge in [-0.25, -0.2) is 4.39 Å². The Morgan fingerprint density at radius 3 is 2.37 bits per heavy atom. The van der Waals surface area contributed by atoms with Crippen molar-refractivity contribution in [3.05, 3.63) is 30.1 Å². The molecule has 106 valence electrons. The maximum atomic E-state index is 12.8. The normalized spacial score (nSPS) is 11.8. The Balaban J connectivity index is 2.48. The molecule has 0 aliphatic heterocycles. The molecule has 5 heteroatoms. The molecule has 1 aromatic carbocycles. The second-order valence-corrected chi connectivity index (χ2v) is 6.46. The molecule has 0 unspecified atom stereocenters. The smallest absolute Gasteiger partial charge is 0.317 e. The first-order chi connectivity index (χ1) is 8.79. The summed E-state index contributed by atoms with van der Waals surface area (Å²) in [5.74, 6) is -0.288. The van der Waals surface area contributed by atoms with Crippen LogP contribution < -0.4 is 0 Å². The van der Waals surface area contributed by atoms with Gasteiger partial charge >= 0.3 is 5.97 Å². The fraction of sp³-hybridized carbons (Fsp3) is 0.500. The second-order valence-electron chi connectivity index (χ2n) is 5.29. The molecule has 0 aliphatic carbocycles. The van der Waals surface area contributed by atoms with Crippen LogP contribution in [0.15, 0.2) is 29.2 Å². The van der Waals surface area contributed by atoms with Crippen LogP contribution in [0, 0.1) is 5.82 Å². The van der Waals surface area contributed by atoms with Gasteiger partial charge in [0.15, 0.2) is 0 Å². The Bertz CT molecular complexity index is 414. The lowest BCUT2D eigenvalue weighted by Crippen LogP contribution is -2.45. The van der Waals surface area contributed by atoms with Crippen molar-refractivity contribution >= 4 is 17.7 Å². The fourth-order valence-corrected chi connectivity index (χ4v) is 2.50. The Morgan fingerprint density at radius 1 is 1.32 bits per heavy atom. The molecule has 0 heterocycles. The van der Waals surface area contributed by atoms with E-state index in [1.807, 2.05) is 25.7 Å². The molecular formula is C14H20FNO2S. The van der Waals surface area contributed by atoms with Gasteiger partial charge in [-0.15, -0.1) is 11.8 Å². The number of carboxylic acid groups (broad SMARTS) is 1. The van der Waals surface area contributed by atoms with Crippen LogP contribution >= 0.6 is 11.8 Å². The lowest BCUT2D eigenvalue weighted by atomic mass is 10.1. The van der Waals surface area contributed by atoms with Gasteiger partial charge in [0.1, 0.15) is 5.82 Å². The Hall–Kier alpha value is -1.07. The average molecular weight is 285 g/mol. The maximum absolute atomic E-state index is 12.8. The topological polar surface area (TPSA) is 40.5 Å². The van der Waals surface area contributed by atoms with E-state index in [0.29, 0.717) is 6.54 Å². The highest BCUT2D eigenvalue weighted by Gasteiger charge is 2.22. The van der Waals surface area contributed by atoms with Crippen LogP contribution in [0.25, 0.3) is 0 Å². The van der Waals surface area contributed by atoms with Gasteiger partial charge in [0, 0.05) is 22.7 Å². The first kappa shape index (κ1) is 16.0. The van der Waals surface area contributed by atoms with Gasteiger partial charge in [0.2, 0.25) is 0 Å². The Labute approximate surface area is 117 Å². The third kappa shape index (κ3) is 6.07. The summed E-state index contributed by atoms with van der Waals surface area (Å²) in [6, 6.07) is 6.33. The van der Waals surface area contributed by atoms with E-state index >= 15 is 0 Å². The third-order valence-corrected chi connectivity index (χ3v) is 3.71. The van der Waals surface area contributed by atoms with E-state index in [4.69, 9.17) is 5.11 Å². The number of thioether (sulfide) groups is 1. The first-order valence-corrected chi connectivity index (χ1v) is 7.13. The fourth-order valence-electron chi connectivity index (χ4n) is 1.62. The van der Waals surface area contributed by atoms with Crippen LogP contribution in [-0.4, -0.2) is 40.4 Å². The molecule has 0 spiro atoms. The van der Waals surface area contributed by atoms with Crippen LogP contribution in [-0.2, 0) is 4.79 Å². The number of hydrogen-bond acceptors (Lipinski definition) is 3. The van der Waals surface area contributed by atoms with Crippen molar-refractivity contribution < 1.29 is 14.3 Å². The quantitative estimate of drug-likeness (QED) is 0.815. The summed E-state index contributed by atoms with van der Waals surface area (Å²) in [6.45, 7) is 6.71. The molecule has 1 rings (SSSR count). The van der Waals surface area contributed by atoms with Crippen molar-refractivity contribution in [3.8, 4) is 0 Å². The number of rotatable bonds is 6. The number of aliphatic carboxylic acids is 1. The largest absolute Gasteiger partial charge is 0.480 e. The van der Waals surface area contributed by atoms with Crippen LogP contribution in [0.3, 0.4) is 0 Å². The summed E-state index contributed by atoms with van der Waals surface area (Å²) < 4.78 is 12.8. The summed E-state index contributed by atoms with van der Waals surface area (Å²) >= 11 is 1.60. The van der Waals surface area contributed by atoms with Crippen molar-refractivity contribution in [3.63, 3.8) is 0 Å². The number of hydrogen-bond donors (Lipinski definition) is 1. The van der Waals surface area contributed by atoms with Crippen molar-refractivity contribution in [1.82, 2.24) is 4.90 Å². The lowest BCUT2D eigenvalue weighted by Gasteiger charge is -2.34. The third-order valence-electron chi connectivity index (χ3n) is 2.72. The van der Waals surface area contributed by atoms with E-state index in [1.54, 1.807) is 23.9 Å². The standard InChI is InChI=1S/C14H20FNO2S/c1-14(2,3)16(10-13(17)18)8-9-19-12-6-4-11(15)5-7-12/h4-7H,8-10H2,1-3H3,(H,17,18). The zero-order valence-electron chi connectivity index (χ0n) is 11.5. The molecule has 0 aliphatic rings. The molecule has 0 saturated carbocycles. The highest BCUT2D eigenvalue weighted by Crippen LogP contribution is 2.20. The molecule has 0 fully saturated rings. The number of halogens is 1. The number of carbonyl (C=O) groups is 1. The zero-order valence-corrected chi connectivity index (χ0v) is 12.3. The van der Waals surface area contributed by atoms with Gasteiger partial charge in [0.05, 0.1) is 6.54 Å². The molecule has 19 heavy (non-hydrogen) atoms. The van der Waals surface area contributed by atoms with Crippen molar-refractivity contribution in [1.29, 1.82) is 0 Å². The van der Waals surface area contributed by atoms with Gasteiger partial charge in [0.25, 0.3) is 0 Å². The van der Waals surface area contributed by atoms with E-state index in [-0.39, 0.29) is 17.9 Å². The zero-order chi connectivity index (χ0) is 14.5. The van der Waals surface area contributed by atoms with E-state index < -0.39 is 5.97 Å². The second kappa shape index (κ2) is 6.91. The molecule has 0 bridgehead atoms.